The van der Waals surface area contributed by atoms with Gasteiger partial charge in [0.25, 0.3) is 0 Å². The first-order valence-corrected chi connectivity index (χ1v) is 13.3. The van der Waals surface area contributed by atoms with Crippen LogP contribution < -0.4 is 0 Å². The van der Waals surface area contributed by atoms with E-state index in [0.29, 0.717) is 0 Å². The van der Waals surface area contributed by atoms with Gasteiger partial charge in [-0.05, 0) is 29.3 Å². The van der Waals surface area contributed by atoms with Crippen LogP contribution in [-0.2, 0) is 5.60 Å². The Balaban J connectivity index is 1.67. The second-order valence-corrected chi connectivity index (χ2v) is 10.3. The molecular formula is C34H22BrNO2. The number of furan rings is 1. The summed E-state index contributed by atoms with van der Waals surface area (Å²) in [5.74, 6) is 0. The van der Waals surface area contributed by atoms with Crippen LogP contribution in [0.3, 0.4) is 0 Å². The fourth-order valence-electron chi connectivity index (χ4n) is 5.54. The van der Waals surface area contributed by atoms with Crippen molar-refractivity contribution in [2.24, 2.45) is 0 Å². The van der Waals surface area contributed by atoms with Crippen molar-refractivity contribution in [3.8, 4) is 11.1 Å². The zero-order valence-corrected chi connectivity index (χ0v) is 21.9. The van der Waals surface area contributed by atoms with Gasteiger partial charge in [-0.2, -0.15) is 0 Å². The molecule has 0 fully saturated rings. The number of benzene rings is 5. The molecule has 182 valence electrons. The molecular weight excluding hydrogens is 534 g/mol. The summed E-state index contributed by atoms with van der Waals surface area (Å²) in [6, 6.07) is 39.9. The maximum absolute atomic E-state index is 12.9. The average Bonchev–Trinajstić information content (AvgIpc) is 3.37. The van der Waals surface area contributed by atoms with Gasteiger partial charge in [-0.3, -0.25) is 4.98 Å². The Kier molecular flexibility index (Phi) is 5.39. The van der Waals surface area contributed by atoms with Crippen molar-refractivity contribution in [3.05, 3.63) is 149 Å². The van der Waals surface area contributed by atoms with E-state index in [9.17, 15) is 5.11 Å². The molecule has 3 nitrogen and oxygen atoms in total. The molecule has 7 aromatic rings. The van der Waals surface area contributed by atoms with Gasteiger partial charge >= 0.3 is 0 Å². The minimum absolute atomic E-state index is 0.723. The third-order valence-electron chi connectivity index (χ3n) is 7.29. The molecule has 1 N–H and O–H groups in total. The van der Waals surface area contributed by atoms with Crippen LogP contribution in [0.25, 0.3) is 44.0 Å². The van der Waals surface area contributed by atoms with E-state index in [2.05, 4.69) is 34.1 Å². The molecule has 0 saturated carbocycles. The number of hydrogen-bond acceptors (Lipinski definition) is 3. The summed E-state index contributed by atoms with van der Waals surface area (Å²) >= 11 is 3.80. The maximum Gasteiger partial charge on any atom is 0.143 e. The quantitative estimate of drug-likeness (QED) is 0.220. The molecule has 38 heavy (non-hydrogen) atoms. The number of aliphatic hydroxyl groups is 1. The van der Waals surface area contributed by atoms with Gasteiger partial charge in [-0.1, -0.05) is 119 Å². The topological polar surface area (TPSA) is 46.3 Å². The van der Waals surface area contributed by atoms with Crippen LogP contribution in [0.5, 0.6) is 0 Å². The number of fused-ring (bicyclic) bond motifs is 4. The zero-order chi connectivity index (χ0) is 25.7. The van der Waals surface area contributed by atoms with Crippen molar-refractivity contribution >= 4 is 48.8 Å². The fraction of sp³-hybridized carbons (Fsp3) is 0.0294. The molecule has 0 aliphatic carbocycles. The number of para-hydroxylation sites is 2. The third-order valence-corrected chi connectivity index (χ3v) is 7.94. The number of pyridine rings is 1. The molecule has 7 rings (SSSR count). The molecule has 0 spiro atoms. The Morgan fingerprint density at radius 1 is 0.658 bits per heavy atom. The molecule has 0 bridgehead atoms. The van der Waals surface area contributed by atoms with Gasteiger partial charge in [-0.15, -0.1) is 0 Å². The van der Waals surface area contributed by atoms with Crippen LogP contribution >= 0.6 is 15.9 Å². The smallest absolute Gasteiger partial charge is 0.143 e. The first kappa shape index (κ1) is 22.9. The molecule has 2 heterocycles. The SMILES string of the molecule is OC(c1ccccc1)(c1ccccc1)c1cc(Br)c2cccnc2c1-c1cccc2c1oc1ccccc12. The summed E-state index contributed by atoms with van der Waals surface area (Å²) in [7, 11) is 0. The van der Waals surface area contributed by atoms with Gasteiger partial charge < -0.3 is 9.52 Å². The highest BCUT2D eigenvalue weighted by Gasteiger charge is 2.38. The lowest BCUT2D eigenvalue weighted by atomic mass is 9.76. The first-order chi connectivity index (χ1) is 18.7. The predicted octanol–water partition coefficient (Wildman–Crippen LogP) is 8.85. The minimum Gasteiger partial charge on any atom is -0.455 e. The van der Waals surface area contributed by atoms with Crippen LogP contribution in [0.4, 0.5) is 0 Å². The molecule has 0 radical (unpaired) electrons. The van der Waals surface area contributed by atoms with Crippen LogP contribution in [0, 0.1) is 0 Å². The summed E-state index contributed by atoms with van der Waals surface area (Å²) < 4.78 is 7.34. The molecule has 4 heteroatoms. The molecule has 2 aromatic heterocycles. The van der Waals surface area contributed by atoms with Crippen molar-refractivity contribution in [2.45, 2.75) is 5.60 Å². The third kappa shape index (κ3) is 3.42. The van der Waals surface area contributed by atoms with Crippen molar-refractivity contribution in [1.82, 2.24) is 4.98 Å². The van der Waals surface area contributed by atoms with E-state index in [1.165, 1.54) is 0 Å². The van der Waals surface area contributed by atoms with E-state index in [4.69, 9.17) is 9.40 Å². The van der Waals surface area contributed by atoms with Gasteiger partial charge in [0.15, 0.2) is 0 Å². The number of hydrogen-bond donors (Lipinski definition) is 1. The number of nitrogens with zero attached hydrogens (tertiary/aromatic N) is 1. The Labute approximate surface area is 228 Å². The molecule has 0 saturated heterocycles. The summed E-state index contributed by atoms with van der Waals surface area (Å²) in [4.78, 5) is 4.86. The summed E-state index contributed by atoms with van der Waals surface area (Å²) in [6.07, 6.45) is 1.80. The lowest BCUT2D eigenvalue weighted by Gasteiger charge is -2.33. The molecule has 5 aromatic carbocycles. The Hall–Kier alpha value is -4.25. The summed E-state index contributed by atoms with van der Waals surface area (Å²) in [5.41, 5.74) is 4.91. The fourth-order valence-corrected chi connectivity index (χ4v) is 6.09. The highest BCUT2D eigenvalue weighted by Crippen LogP contribution is 2.48. The lowest BCUT2D eigenvalue weighted by molar-refractivity contribution is 0.126. The first-order valence-electron chi connectivity index (χ1n) is 12.5. The van der Waals surface area contributed by atoms with E-state index < -0.39 is 5.60 Å². The average molecular weight is 556 g/mol. The monoisotopic (exact) mass is 555 g/mol. The normalized spacial score (nSPS) is 11.9. The van der Waals surface area contributed by atoms with Crippen molar-refractivity contribution in [2.75, 3.05) is 0 Å². The molecule has 0 aliphatic heterocycles. The van der Waals surface area contributed by atoms with Crippen molar-refractivity contribution < 1.29 is 9.52 Å². The van der Waals surface area contributed by atoms with Crippen LogP contribution in [-0.4, -0.2) is 10.1 Å². The van der Waals surface area contributed by atoms with E-state index in [0.717, 1.165) is 65.1 Å². The molecule has 0 amide bonds. The zero-order valence-electron chi connectivity index (χ0n) is 20.3. The largest absolute Gasteiger partial charge is 0.455 e. The van der Waals surface area contributed by atoms with Crippen molar-refractivity contribution in [3.63, 3.8) is 0 Å². The second-order valence-electron chi connectivity index (χ2n) is 9.40. The lowest BCUT2D eigenvalue weighted by Crippen LogP contribution is -2.30. The van der Waals surface area contributed by atoms with Gasteiger partial charge in [0.05, 0.1) is 5.52 Å². The number of rotatable bonds is 4. The Morgan fingerprint density at radius 3 is 2.03 bits per heavy atom. The Bertz CT molecular complexity index is 1910. The summed E-state index contributed by atoms with van der Waals surface area (Å²) in [6.45, 7) is 0. The molecule has 0 atom stereocenters. The van der Waals surface area contributed by atoms with E-state index in [-0.39, 0.29) is 0 Å². The molecule has 0 unspecified atom stereocenters. The maximum atomic E-state index is 12.9. The molecule has 0 aliphatic rings. The van der Waals surface area contributed by atoms with E-state index in [1.54, 1.807) is 6.20 Å². The van der Waals surface area contributed by atoms with Gasteiger partial charge in [0.2, 0.25) is 0 Å². The van der Waals surface area contributed by atoms with Crippen LogP contribution in [0.2, 0.25) is 0 Å². The minimum atomic E-state index is -1.46. The van der Waals surface area contributed by atoms with Crippen molar-refractivity contribution in [1.29, 1.82) is 0 Å². The van der Waals surface area contributed by atoms with Crippen LogP contribution in [0.15, 0.2) is 136 Å². The Morgan fingerprint density at radius 2 is 1.29 bits per heavy atom. The van der Waals surface area contributed by atoms with Gasteiger partial charge in [-0.25, -0.2) is 0 Å². The predicted molar refractivity (Wildman–Crippen MR) is 157 cm³/mol. The van der Waals surface area contributed by atoms with Gasteiger partial charge in [0.1, 0.15) is 16.8 Å². The van der Waals surface area contributed by atoms with E-state index in [1.807, 2.05) is 103 Å². The standard InChI is InChI=1S/C34H22BrNO2/c35-29-21-28(34(37,22-11-3-1-4-12-22)23-13-5-2-6-14-23)31(32-26(29)18-10-20-36-32)27-17-9-16-25-24-15-7-8-19-30(24)38-33(25)27/h1-21,37H. The second kappa shape index (κ2) is 8.95. The van der Waals surface area contributed by atoms with E-state index >= 15 is 0 Å². The van der Waals surface area contributed by atoms with Crippen LogP contribution in [0.1, 0.15) is 16.7 Å². The number of aromatic nitrogens is 1. The van der Waals surface area contributed by atoms with Gasteiger partial charge in [0, 0.05) is 43.5 Å². The summed E-state index contributed by atoms with van der Waals surface area (Å²) in [5, 5.41) is 15.9. The highest BCUT2D eigenvalue weighted by molar-refractivity contribution is 9.10. The number of halogens is 1. The highest BCUT2D eigenvalue weighted by atomic mass is 79.9.